The van der Waals surface area contributed by atoms with Gasteiger partial charge in [-0.25, -0.2) is 0 Å². The maximum Gasteiger partial charge on any atom is 0 e. The molecule has 0 heterocycles. The molecule has 0 amide bonds. The molecule has 0 atom stereocenters. The van der Waals surface area contributed by atoms with Gasteiger partial charge in [0.15, 0.2) is 0 Å². The summed E-state index contributed by atoms with van der Waals surface area (Å²) in [6.45, 7) is 7.01. The summed E-state index contributed by atoms with van der Waals surface area (Å²) in [5.74, 6) is 0. The SMILES string of the molecule is C.CCC[CH2][SnH]([CH2]CCC)[CH2]CCC.[Ar].[Br][Co][Br].[Zn]. The summed E-state index contributed by atoms with van der Waals surface area (Å²) in [4.78, 5) is 0. The van der Waals surface area contributed by atoms with Crippen LogP contribution in [0.3, 0.4) is 0 Å². The molecule has 0 aliphatic rings. The fraction of sp³-hybridized carbons (Fsp3) is 1.00. The van der Waals surface area contributed by atoms with Gasteiger partial charge in [0.25, 0.3) is 0 Å². The van der Waals surface area contributed by atoms with E-state index in [0.717, 1.165) is 11.1 Å². The van der Waals surface area contributed by atoms with Crippen LogP contribution < -0.4 is 0 Å². The Morgan fingerprint density at radius 3 is 1.16 bits per heavy atom. The van der Waals surface area contributed by atoms with Crippen molar-refractivity contribution >= 4 is 48.1 Å². The van der Waals surface area contributed by atoms with Gasteiger partial charge >= 0.3 is 132 Å². The largest absolute Gasteiger partial charge is 0 e. The molecule has 0 nitrogen and oxygen atoms in total. The van der Waals surface area contributed by atoms with Gasteiger partial charge in [-0.05, 0) is 0 Å². The molecule has 0 saturated heterocycles. The maximum atomic E-state index is 3.03. The van der Waals surface area contributed by atoms with Gasteiger partial charge in [0.1, 0.15) is 0 Å². The Kier molecular flexibility index (Phi) is 61.1. The van der Waals surface area contributed by atoms with Gasteiger partial charge in [-0.3, -0.25) is 0 Å². The summed E-state index contributed by atoms with van der Waals surface area (Å²) in [6.07, 6.45) is 8.87. The molecule has 0 fully saturated rings. The Bertz CT molecular complexity index is 108. The molecule has 0 bridgehead atoms. The topological polar surface area (TPSA) is 0 Å². The minimum Gasteiger partial charge on any atom is 0 e. The molecule has 0 aromatic carbocycles. The van der Waals surface area contributed by atoms with Crippen molar-refractivity contribution in [3.05, 3.63) is 0 Å². The second kappa shape index (κ2) is 33.7. The molecule has 19 heavy (non-hydrogen) atoms. The summed E-state index contributed by atoms with van der Waals surface area (Å²) >= 11 is 6.16. The second-order valence-electron chi connectivity index (χ2n) is 4.34. The minimum atomic E-state index is -0.967. The molecular weight excluding hydrogens is 599 g/mol. The summed E-state index contributed by atoms with van der Waals surface area (Å²) in [6, 6.07) is 0. The quantitative estimate of drug-likeness (QED) is 0.242. The molecule has 6 heteroatoms. The number of hydrogen-bond acceptors (Lipinski definition) is 0. The van der Waals surface area contributed by atoms with E-state index in [1.165, 1.54) is 38.5 Å². The van der Waals surface area contributed by atoms with Gasteiger partial charge in [0.05, 0.1) is 0 Å². The van der Waals surface area contributed by atoms with Crippen LogP contribution in [-0.4, -0.2) is 19.8 Å². The molecule has 0 rings (SSSR count). The van der Waals surface area contributed by atoms with Crippen LogP contribution in [0.1, 0.15) is 66.7 Å². The van der Waals surface area contributed by atoms with Crippen LogP contribution in [0.2, 0.25) is 13.3 Å². The Morgan fingerprint density at radius 1 is 0.789 bits per heavy atom. The Hall–Kier alpha value is 4.15. The van der Waals surface area contributed by atoms with Crippen molar-refractivity contribution in [3.63, 3.8) is 0 Å². The van der Waals surface area contributed by atoms with Gasteiger partial charge < -0.3 is 0 Å². The van der Waals surface area contributed by atoms with Crippen molar-refractivity contribution < 1.29 is 68.3 Å². The number of hydrogen-bond donors (Lipinski definition) is 0. The standard InChI is InChI=1S/3C4H9.CH4.Ar.2BrH.Co.Sn.Zn.H/c3*1-3-4-2;;;;;;;;/h3*1,3-4H2,2H3;1H4;;2*1H;;;;/q;;;;;;;+2;;;/p-2. The van der Waals surface area contributed by atoms with Gasteiger partial charge in [0, 0.05) is 57.2 Å². The molecule has 0 spiro atoms. The number of halogens is 2. The average molecular weight is 631 g/mol. The van der Waals surface area contributed by atoms with E-state index in [2.05, 4.69) is 49.1 Å². The van der Waals surface area contributed by atoms with Crippen LogP contribution in [0.4, 0.5) is 0 Å². The van der Waals surface area contributed by atoms with E-state index < -0.39 is 19.8 Å². The van der Waals surface area contributed by atoms with Crippen molar-refractivity contribution in [1.29, 1.82) is 0 Å². The number of rotatable bonds is 9. The van der Waals surface area contributed by atoms with Crippen LogP contribution in [0.5, 0.6) is 0 Å². The third-order valence-corrected chi connectivity index (χ3v) is 13.4. The molecule has 0 saturated carbocycles. The van der Waals surface area contributed by atoms with Crippen molar-refractivity contribution in [1.82, 2.24) is 0 Å². The predicted molar refractivity (Wildman–Crippen MR) is 90.9 cm³/mol. The third kappa shape index (κ3) is 34.5. The molecule has 0 aromatic rings. The van der Waals surface area contributed by atoms with E-state index in [1.807, 2.05) is 0 Å². The average Bonchev–Trinajstić information content (AvgIpc) is 2.29. The van der Waals surface area contributed by atoms with Gasteiger partial charge in [-0.2, -0.15) is 0 Å². The van der Waals surface area contributed by atoms with Gasteiger partial charge in [-0.15, -0.1) is 0 Å². The Balaban J connectivity index is -0.0000000992. The first-order chi connectivity index (χ1) is 7.76. The van der Waals surface area contributed by atoms with Crippen LogP contribution in [-0.2, 0) is 30.6 Å². The summed E-state index contributed by atoms with van der Waals surface area (Å²) < 4.78 is 5.08. The molecule has 0 aromatic heterocycles. The van der Waals surface area contributed by atoms with Crippen LogP contribution in [0, 0.1) is 37.7 Å². The second-order valence-corrected chi connectivity index (χ2v) is 19.5. The van der Waals surface area contributed by atoms with Crippen LogP contribution >= 0.6 is 28.3 Å². The van der Waals surface area contributed by atoms with E-state index in [1.54, 1.807) is 13.3 Å². The molecule has 0 unspecified atom stereocenters. The van der Waals surface area contributed by atoms with Crippen molar-refractivity contribution in [2.75, 3.05) is 0 Å². The Morgan fingerprint density at radius 2 is 1.00 bits per heavy atom. The van der Waals surface area contributed by atoms with Crippen molar-refractivity contribution in [2.45, 2.75) is 80.0 Å². The summed E-state index contributed by atoms with van der Waals surface area (Å²) in [7, 11) is 0. The molecule has 0 radical (unpaired) electrons. The monoisotopic (exact) mass is 629 g/mol. The van der Waals surface area contributed by atoms with E-state index in [4.69, 9.17) is 0 Å². The van der Waals surface area contributed by atoms with Crippen molar-refractivity contribution in [3.8, 4) is 0 Å². The van der Waals surface area contributed by atoms with E-state index in [0.29, 0.717) is 0 Å². The molecular formula is C13H32ArBr2CoSnZn. The fourth-order valence-electron chi connectivity index (χ4n) is 1.91. The fourth-order valence-corrected chi connectivity index (χ4v) is 12.8. The normalized spacial score (nSPS) is 8.74. The molecule has 0 N–H and O–H groups in total. The van der Waals surface area contributed by atoms with Crippen LogP contribution in [0.25, 0.3) is 0 Å². The third-order valence-electron chi connectivity index (χ3n) is 2.90. The molecule has 121 valence electrons. The summed E-state index contributed by atoms with van der Waals surface area (Å²) in [5, 5.41) is 0. The Labute approximate surface area is 193 Å². The number of unbranched alkanes of at least 4 members (excludes halogenated alkanes) is 3. The van der Waals surface area contributed by atoms with Crippen LogP contribution in [0.15, 0.2) is 0 Å². The zero-order chi connectivity index (χ0) is 12.6. The maximum absolute atomic E-state index is 3.03. The summed E-state index contributed by atoms with van der Waals surface area (Å²) in [5.41, 5.74) is 0. The van der Waals surface area contributed by atoms with Gasteiger partial charge in [0.2, 0.25) is 0 Å². The van der Waals surface area contributed by atoms with E-state index in [-0.39, 0.29) is 64.6 Å². The smallest absolute Gasteiger partial charge is 0 e. The van der Waals surface area contributed by atoms with E-state index in [9.17, 15) is 0 Å². The zero-order valence-corrected chi connectivity index (χ0v) is 23.3. The predicted octanol–water partition coefficient (Wildman–Crippen LogP) is 6.94. The van der Waals surface area contributed by atoms with Crippen molar-refractivity contribution in [2.24, 2.45) is 0 Å². The first kappa shape index (κ1) is 34.5. The van der Waals surface area contributed by atoms with E-state index >= 15 is 0 Å². The first-order valence-electron chi connectivity index (χ1n) is 6.60. The molecule has 0 aliphatic heterocycles. The zero-order valence-electron chi connectivity index (χ0n) is 12.1. The minimum absolute atomic E-state index is 0. The van der Waals surface area contributed by atoms with Gasteiger partial charge in [-0.1, -0.05) is 7.43 Å². The first-order valence-corrected chi connectivity index (χ1v) is 18.7. The molecule has 0 aliphatic carbocycles.